The minimum absolute atomic E-state index is 0.0441. The highest BCUT2D eigenvalue weighted by atomic mass is 79.9. The Balaban J connectivity index is 1.73. The first kappa shape index (κ1) is 23.9. The summed E-state index contributed by atoms with van der Waals surface area (Å²) in [6, 6.07) is 8.19. The molecule has 1 heterocycles. The van der Waals surface area contributed by atoms with Gasteiger partial charge in [-0.05, 0) is 36.6 Å². The van der Waals surface area contributed by atoms with Gasteiger partial charge < -0.3 is 25.4 Å². The normalized spacial score (nSPS) is 19.1. The average Bonchev–Trinajstić information content (AvgIpc) is 2.75. The lowest BCUT2D eigenvalue weighted by Gasteiger charge is -2.34. The first-order chi connectivity index (χ1) is 15.3. The molecular weight excluding hydrogens is 488 g/mol. The molecular formula is C22H24BrF2N3O4. The summed E-state index contributed by atoms with van der Waals surface area (Å²) in [7, 11) is 2.68. The van der Waals surface area contributed by atoms with Crippen molar-refractivity contribution in [3.05, 3.63) is 58.1 Å². The van der Waals surface area contributed by atoms with Crippen LogP contribution in [-0.4, -0.2) is 38.7 Å². The number of amides is 3. The quantitative estimate of drug-likeness (QED) is 0.521. The van der Waals surface area contributed by atoms with E-state index in [4.69, 9.17) is 9.47 Å². The Morgan fingerprint density at radius 3 is 2.47 bits per heavy atom. The molecule has 172 valence electrons. The highest BCUT2D eigenvalue weighted by Crippen LogP contribution is 2.33. The largest absolute Gasteiger partial charge is 0.497 e. The van der Waals surface area contributed by atoms with Crippen LogP contribution >= 0.6 is 15.9 Å². The SMILES string of the molecule is COc1cc(F)c([C@@H](CC2CNC(=O)CC2NC(=O)Nc2ccc(Br)cc2)OC)c(F)c1. The number of anilines is 1. The molecule has 3 amide bonds. The molecule has 0 saturated carbocycles. The lowest BCUT2D eigenvalue weighted by Crippen LogP contribution is -2.53. The van der Waals surface area contributed by atoms with E-state index < -0.39 is 29.8 Å². The number of ether oxygens (including phenoxy) is 2. The van der Waals surface area contributed by atoms with Crippen molar-refractivity contribution in [2.75, 3.05) is 26.1 Å². The van der Waals surface area contributed by atoms with Crippen LogP contribution in [0.25, 0.3) is 0 Å². The third kappa shape index (κ3) is 5.95. The van der Waals surface area contributed by atoms with Gasteiger partial charge in [0.2, 0.25) is 5.91 Å². The molecule has 10 heteroatoms. The summed E-state index contributed by atoms with van der Waals surface area (Å²) >= 11 is 3.33. The summed E-state index contributed by atoms with van der Waals surface area (Å²) in [5.41, 5.74) is 0.364. The second-order valence-corrected chi connectivity index (χ2v) is 8.36. The minimum atomic E-state index is -0.917. The predicted octanol–water partition coefficient (Wildman–Crippen LogP) is 4.14. The third-order valence-electron chi connectivity index (χ3n) is 5.37. The molecule has 2 aromatic rings. The highest BCUT2D eigenvalue weighted by molar-refractivity contribution is 9.10. The standard InChI is InChI=1S/C22H24BrF2N3O4/c1-31-15-8-16(24)21(17(25)9-15)19(32-2)7-12-11-26-20(29)10-18(12)28-22(30)27-14-5-3-13(23)4-6-14/h3-6,8-9,12,18-19H,7,10-11H2,1-2H3,(H,26,29)(H2,27,28,30)/t12?,18?,19-/m1/s1. The number of hydrogen-bond acceptors (Lipinski definition) is 4. The van der Waals surface area contributed by atoms with Gasteiger partial charge in [0.1, 0.15) is 17.4 Å². The number of piperidine rings is 1. The number of carbonyl (C=O) groups is 2. The second-order valence-electron chi connectivity index (χ2n) is 7.44. The van der Waals surface area contributed by atoms with E-state index >= 15 is 0 Å². The van der Waals surface area contributed by atoms with Gasteiger partial charge in [0.05, 0.1) is 18.8 Å². The summed E-state index contributed by atoms with van der Waals surface area (Å²) in [4.78, 5) is 24.4. The first-order valence-corrected chi connectivity index (χ1v) is 10.8. The molecule has 3 N–H and O–H groups in total. The predicted molar refractivity (Wildman–Crippen MR) is 118 cm³/mol. The fourth-order valence-electron chi connectivity index (χ4n) is 3.70. The van der Waals surface area contributed by atoms with Crippen LogP contribution in [0.4, 0.5) is 19.3 Å². The van der Waals surface area contributed by atoms with Crippen molar-refractivity contribution in [3.8, 4) is 5.75 Å². The van der Waals surface area contributed by atoms with E-state index in [1.807, 2.05) is 0 Å². The van der Waals surface area contributed by atoms with Gasteiger partial charge in [0.25, 0.3) is 0 Å². The Labute approximate surface area is 193 Å². The van der Waals surface area contributed by atoms with Gasteiger partial charge >= 0.3 is 6.03 Å². The van der Waals surface area contributed by atoms with Gasteiger partial charge in [-0.3, -0.25) is 4.79 Å². The molecule has 1 aliphatic rings. The number of hydrogen-bond donors (Lipinski definition) is 3. The first-order valence-electron chi connectivity index (χ1n) is 9.96. The fraction of sp³-hybridized carbons (Fsp3) is 0.364. The van der Waals surface area contributed by atoms with Crippen molar-refractivity contribution in [2.24, 2.45) is 5.92 Å². The van der Waals surface area contributed by atoms with Crippen molar-refractivity contribution in [2.45, 2.75) is 25.0 Å². The highest BCUT2D eigenvalue weighted by Gasteiger charge is 2.34. The fourth-order valence-corrected chi connectivity index (χ4v) is 3.97. The molecule has 32 heavy (non-hydrogen) atoms. The summed E-state index contributed by atoms with van der Waals surface area (Å²) in [6.45, 7) is 0.237. The molecule has 3 rings (SSSR count). The van der Waals surface area contributed by atoms with E-state index in [-0.39, 0.29) is 42.5 Å². The molecule has 0 spiro atoms. The van der Waals surface area contributed by atoms with Crippen LogP contribution in [0, 0.1) is 17.6 Å². The molecule has 1 saturated heterocycles. The molecule has 0 aliphatic carbocycles. The lowest BCUT2D eigenvalue weighted by molar-refractivity contribution is -0.124. The zero-order chi connectivity index (χ0) is 23.3. The van der Waals surface area contributed by atoms with Crippen LogP contribution in [0.2, 0.25) is 0 Å². The monoisotopic (exact) mass is 511 g/mol. The Kier molecular flexibility index (Phi) is 8.03. The number of methoxy groups -OCH3 is 2. The van der Waals surface area contributed by atoms with Gasteiger partial charge in [0.15, 0.2) is 0 Å². The van der Waals surface area contributed by atoms with Gasteiger partial charge in [-0.2, -0.15) is 0 Å². The molecule has 3 atom stereocenters. The van der Waals surface area contributed by atoms with Crippen molar-refractivity contribution in [1.82, 2.24) is 10.6 Å². The van der Waals surface area contributed by atoms with Gasteiger partial charge in [-0.25, -0.2) is 13.6 Å². The van der Waals surface area contributed by atoms with Gasteiger partial charge in [-0.15, -0.1) is 0 Å². The minimum Gasteiger partial charge on any atom is -0.497 e. The Hall–Kier alpha value is -2.72. The van der Waals surface area contributed by atoms with E-state index in [0.717, 1.165) is 16.6 Å². The molecule has 0 radical (unpaired) electrons. The van der Waals surface area contributed by atoms with Crippen molar-refractivity contribution in [3.63, 3.8) is 0 Å². The molecule has 0 aromatic heterocycles. The maximum absolute atomic E-state index is 14.6. The summed E-state index contributed by atoms with van der Waals surface area (Å²) in [5.74, 6) is -2.04. The Morgan fingerprint density at radius 2 is 1.88 bits per heavy atom. The molecule has 1 fully saturated rings. The van der Waals surface area contributed by atoms with E-state index in [1.54, 1.807) is 24.3 Å². The van der Waals surface area contributed by atoms with Crippen LogP contribution in [0.1, 0.15) is 24.5 Å². The summed E-state index contributed by atoms with van der Waals surface area (Å²) in [5, 5.41) is 8.26. The van der Waals surface area contributed by atoms with E-state index in [0.29, 0.717) is 5.69 Å². The number of halogens is 3. The molecule has 1 aliphatic heterocycles. The lowest BCUT2D eigenvalue weighted by atomic mass is 9.86. The number of benzene rings is 2. The van der Waals surface area contributed by atoms with Crippen molar-refractivity contribution in [1.29, 1.82) is 0 Å². The third-order valence-corrected chi connectivity index (χ3v) is 5.89. The van der Waals surface area contributed by atoms with Crippen LogP contribution in [-0.2, 0) is 9.53 Å². The number of nitrogens with one attached hydrogen (secondary N) is 3. The van der Waals surface area contributed by atoms with Crippen LogP contribution in [0.3, 0.4) is 0 Å². The van der Waals surface area contributed by atoms with Gasteiger partial charge in [-0.1, -0.05) is 15.9 Å². The Morgan fingerprint density at radius 1 is 1.22 bits per heavy atom. The summed E-state index contributed by atoms with van der Waals surface area (Å²) < 4.78 is 40.3. The molecule has 7 nitrogen and oxygen atoms in total. The Bertz CT molecular complexity index is 951. The molecule has 2 unspecified atom stereocenters. The van der Waals surface area contributed by atoms with Gasteiger partial charge in [0, 0.05) is 48.4 Å². The van der Waals surface area contributed by atoms with E-state index in [9.17, 15) is 18.4 Å². The maximum atomic E-state index is 14.6. The van der Waals surface area contributed by atoms with Crippen LogP contribution < -0.4 is 20.7 Å². The number of carbonyl (C=O) groups excluding carboxylic acids is 2. The van der Waals surface area contributed by atoms with Crippen molar-refractivity contribution < 1.29 is 27.8 Å². The van der Waals surface area contributed by atoms with Crippen LogP contribution in [0.5, 0.6) is 5.75 Å². The molecule has 2 aromatic carbocycles. The van der Waals surface area contributed by atoms with Crippen molar-refractivity contribution >= 4 is 33.6 Å². The maximum Gasteiger partial charge on any atom is 0.319 e. The smallest absolute Gasteiger partial charge is 0.319 e. The summed E-state index contributed by atoms with van der Waals surface area (Å²) in [6.07, 6.45) is -0.692. The number of rotatable bonds is 7. The van der Waals surface area contributed by atoms with E-state index in [2.05, 4.69) is 31.9 Å². The zero-order valence-electron chi connectivity index (χ0n) is 17.6. The average molecular weight is 512 g/mol. The van der Waals surface area contributed by atoms with Crippen LogP contribution in [0.15, 0.2) is 40.9 Å². The number of urea groups is 1. The zero-order valence-corrected chi connectivity index (χ0v) is 19.2. The second kappa shape index (κ2) is 10.7. The van der Waals surface area contributed by atoms with E-state index in [1.165, 1.54) is 14.2 Å². The molecule has 0 bridgehead atoms. The topological polar surface area (TPSA) is 88.7 Å².